The number of halogens is 4. The molecule has 0 saturated carbocycles. The second-order valence-electron chi connectivity index (χ2n) is 11.2. The van der Waals surface area contributed by atoms with Crippen LogP contribution in [0.25, 0.3) is 10.8 Å². The zero-order valence-electron chi connectivity index (χ0n) is 23.5. The van der Waals surface area contributed by atoms with Crippen LogP contribution in [0.1, 0.15) is 62.7 Å². The number of fused-ring (bicyclic) bond motifs is 2. The van der Waals surface area contributed by atoms with Crippen molar-refractivity contribution in [1.29, 1.82) is 0 Å². The first kappa shape index (κ1) is 29.0. The van der Waals surface area contributed by atoms with Crippen molar-refractivity contribution in [2.45, 2.75) is 43.9 Å². The molecule has 43 heavy (non-hydrogen) atoms. The average Bonchev–Trinajstić information content (AvgIpc) is 3.41. The fraction of sp³-hybridized carbons (Fsp3) is 0.303. The van der Waals surface area contributed by atoms with E-state index in [1.807, 2.05) is 31.4 Å². The lowest BCUT2D eigenvalue weighted by molar-refractivity contribution is -0.137. The molecule has 1 fully saturated rings. The second-order valence-corrected chi connectivity index (χ2v) is 11.6. The average molecular weight is 607 g/mol. The number of carbonyl (C=O) groups is 2. The number of carbonyl (C=O) groups excluding carboxylic acids is 2. The minimum Gasteiger partial charge on any atom is -0.371 e. The first-order valence-corrected chi connectivity index (χ1v) is 14.6. The molecule has 1 N–H and O–H groups in total. The number of aryl methyl sites for hydroxylation is 1. The SMILES string of the molecule is CN(C(=O)c1ccc2c(c1)C(NC(=O)c1cccc(C(F)(F)F)c1Cl)CC2)C1CCN(c2ccc3cnccc3c2)CC1. The van der Waals surface area contributed by atoms with Gasteiger partial charge in [-0.25, -0.2) is 0 Å². The standard InChI is InChI=1S/C33H30ClF3N4O2/c1-40(24-12-15-41(16-13-24)25-9-7-23-19-38-14-11-21(23)17-25)32(43)22-6-5-20-8-10-29(27(20)18-22)39-31(42)26-3-2-4-28(30(26)34)33(35,36)37/h2-7,9,11,14,17-19,24,29H,8,10,12-13,15-16H2,1H3,(H,39,42). The lowest BCUT2D eigenvalue weighted by Gasteiger charge is -2.38. The molecule has 2 amide bonds. The van der Waals surface area contributed by atoms with Gasteiger partial charge in [0.25, 0.3) is 11.8 Å². The van der Waals surface area contributed by atoms with Gasteiger partial charge in [0.05, 0.1) is 22.2 Å². The number of piperidine rings is 1. The van der Waals surface area contributed by atoms with E-state index >= 15 is 0 Å². The summed E-state index contributed by atoms with van der Waals surface area (Å²) in [5.74, 6) is -0.782. The van der Waals surface area contributed by atoms with Gasteiger partial charge in [0.2, 0.25) is 0 Å². The minimum atomic E-state index is -4.67. The normalized spacial score (nSPS) is 17.1. The molecule has 6 nitrogen and oxygen atoms in total. The fourth-order valence-corrected chi connectivity index (χ4v) is 6.51. The summed E-state index contributed by atoms with van der Waals surface area (Å²) in [5, 5.41) is 4.46. The van der Waals surface area contributed by atoms with Gasteiger partial charge in [0.1, 0.15) is 0 Å². The van der Waals surface area contributed by atoms with E-state index in [9.17, 15) is 22.8 Å². The number of benzene rings is 3. The third-order valence-electron chi connectivity index (χ3n) is 8.65. The Hall–Kier alpha value is -4.11. The zero-order chi connectivity index (χ0) is 30.3. The van der Waals surface area contributed by atoms with Crippen molar-refractivity contribution in [2.75, 3.05) is 25.0 Å². The van der Waals surface area contributed by atoms with Crippen LogP contribution in [-0.4, -0.2) is 47.9 Å². The maximum Gasteiger partial charge on any atom is 0.417 e. The van der Waals surface area contributed by atoms with Gasteiger partial charge < -0.3 is 15.1 Å². The third-order valence-corrected chi connectivity index (χ3v) is 9.05. The van der Waals surface area contributed by atoms with Crippen molar-refractivity contribution >= 4 is 39.9 Å². The first-order chi connectivity index (χ1) is 20.6. The van der Waals surface area contributed by atoms with E-state index in [1.54, 1.807) is 17.2 Å². The molecular formula is C33H30ClF3N4O2. The number of alkyl halides is 3. The largest absolute Gasteiger partial charge is 0.417 e. The molecule has 3 aromatic carbocycles. The molecule has 2 heterocycles. The number of nitrogens with one attached hydrogen (secondary N) is 1. The Morgan fingerprint density at radius 3 is 2.56 bits per heavy atom. The van der Waals surface area contributed by atoms with Crippen molar-refractivity contribution in [1.82, 2.24) is 15.2 Å². The topological polar surface area (TPSA) is 65.5 Å². The molecule has 0 radical (unpaired) electrons. The highest BCUT2D eigenvalue weighted by molar-refractivity contribution is 6.34. The van der Waals surface area contributed by atoms with E-state index in [0.717, 1.165) is 59.6 Å². The van der Waals surface area contributed by atoms with Crippen LogP contribution in [-0.2, 0) is 12.6 Å². The summed E-state index contributed by atoms with van der Waals surface area (Å²) in [6.07, 6.45) is 1.90. The highest BCUT2D eigenvalue weighted by Crippen LogP contribution is 2.37. The molecule has 222 valence electrons. The van der Waals surface area contributed by atoms with E-state index in [0.29, 0.717) is 18.4 Å². The number of nitrogens with zero attached hydrogens (tertiary/aromatic N) is 3. The van der Waals surface area contributed by atoms with E-state index in [1.165, 1.54) is 12.1 Å². The number of amides is 2. The van der Waals surface area contributed by atoms with Gasteiger partial charge in [-0.05, 0) is 84.7 Å². The van der Waals surface area contributed by atoms with Crippen LogP contribution in [0.4, 0.5) is 18.9 Å². The van der Waals surface area contributed by atoms with Crippen LogP contribution in [0.15, 0.2) is 73.1 Å². The van der Waals surface area contributed by atoms with Gasteiger partial charge in [-0.3, -0.25) is 14.6 Å². The maximum absolute atomic E-state index is 13.6. The van der Waals surface area contributed by atoms with Crippen LogP contribution in [0.5, 0.6) is 0 Å². The molecule has 1 aromatic heterocycles. The van der Waals surface area contributed by atoms with E-state index < -0.39 is 28.7 Å². The number of hydrogen-bond donors (Lipinski definition) is 1. The quantitative estimate of drug-likeness (QED) is 0.264. The van der Waals surface area contributed by atoms with Gasteiger partial charge in [0.15, 0.2) is 0 Å². The Balaban J connectivity index is 1.12. The van der Waals surface area contributed by atoms with Gasteiger partial charge in [-0.1, -0.05) is 29.8 Å². The summed E-state index contributed by atoms with van der Waals surface area (Å²) in [5.41, 5.74) is 2.19. The summed E-state index contributed by atoms with van der Waals surface area (Å²) >= 11 is 5.98. The van der Waals surface area contributed by atoms with Crippen molar-refractivity contribution in [3.63, 3.8) is 0 Å². The Kier molecular flexibility index (Phi) is 7.77. The predicted molar refractivity (Wildman–Crippen MR) is 160 cm³/mol. The molecule has 1 aliphatic carbocycles. The molecule has 1 aliphatic heterocycles. The van der Waals surface area contributed by atoms with E-state index in [-0.39, 0.29) is 17.5 Å². The van der Waals surface area contributed by atoms with E-state index in [2.05, 4.69) is 33.4 Å². The number of rotatable bonds is 5. The lowest BCUT2D eigenvalue weighted by Crippen LogP contribution is -2.45. The first-order valence-electron chi connectivity index (χ1n) is 14.3. The van der Waals surface area contributed by atoms with Crippen molar-refractivity contribution in [2.24, 2.45) is 0 Å². The summed E-state index contributed by atoms with van der Waals surface area (Å²) in [4.78, 5) is 34.9. The van der Waals surface area contributed by atoms with Crippen LogP contribution in [0, 0.1) is 0 Å². The predicted octanol–water partition coefficient (Wildman–Crippen LogP) is 7.07. The molecule has 4 aromatic rings. The number of pyridine rings is 1. The Bertz CT molecular complexity index is 1700. The van der Waals surface area contributed by atoms with Crippen LogP contribution >= 0.6 is 11.6 Å². The summed E-state index contributed by atoms with van der Waals surface area (Å²) in [7, 11) is 1.83. The van der Waals surface area contributed by atoms with Crippen LogP contribution < -0.4 is 10.2 Å². The smallest absolute Gasteiger partial charge is 0.371 e. The molecule has 1 unspecified atom stereocenters. The molecule has 6 rings (SSSR count). The third kappa shape index (κ3) is 5.78. The maximum atomic E-state index is 13.6. The summed E-state index contributed by atoms with van der Waals surface area (Å²) < 4.78 is 39.9. The number of aromatic nitrogens is 1. The minimum absolute atomic E-state index is 0.0835. The van der Waals surface area contributed by atoms with Gasteiger partial charge in [-0.15, -0.1) is 0 Å². The summed E-state index contributed by atoms with van der Waals surface area (Å²) in [6.45, 7) is 1.66. The Morgan fingerprint density at radius 2 is 1.79 bits per heavy atom. The van der Waals surface area contributed by atoms with Gasteiger partial charge >= 0.3 is 6.18 Å². The number of hydrogen-bond acceptors (Lipinski definition) is 4. The van der Waals surface area contributed by atoms with Gasteiger partial charge in [-0.2, -0.15) is 13.2 Å². The van der Waals surface area contributed by atoms with Gasteiger partial charge in [0, 0.05) is 55.2 Å². The highest BCUT2D eigenvalue weighted by atomic mass is 35.5. The number of anilines is 1. The summed E-state index contributed by atoms with van der Waals surface area (Å²) in [6, 6.07) is 16.8. The molecule has 10 heteroatoms. The van der Waals surface area contributed by atoms with Crippen molar-refractivity contribution in [3.05, 3.63) is 106 Å². The zero-order valence-corrected chi connectivity index (χ0v) is 24.3. The molecule has 0 bridgehead atoms. The Morgan fingerprint density at radius 1 is 1.00 bits per heavy atom. The molecule has 0 spiro atoms. The monoisotopic (exact) mass is 606 g/mol. The molecule has 1 saturated heterocycles. The van der Waals surface area contributed by atoms with Crippen molar-refractivity contribution in [3.8, 4) is 0 Å². The lowest BCUT2D eigenvalue weighted by atomic mass is 9.99. The van der Waals surface area contributed by atoms with Crippen molar-refractivity contribution < 1.29 is 22.8 Å². The van der Waals surface area contributed by atoms with Crippen LogP contribution in [0.3, 0.4) is 0 Å². The highest BCUT2D eigenvalue weighted by Gasteiger charge is 2.35. The molecule has 1 atom stereocenters. The Labute approximate surface area is 252 Å². The second kappa shape index (κ2) is 11.5. The van der Waals surface area contributed by atoms with E-state index in [4.69, 9.17) is 11.6 Å². The fourth-order valence-electron chi connectivity index (χ4n) is 6.20. The van der Waals surface area contributed by atoms with Crippen LogP contribution in [0.2, 0.25) is 5.02 Å². The molecular weight excluding hydrogens is 577 g/mol. The molecule has 2 aliphatic rings.